The summed E-state index contributed by atoms with van der Waals surface area (Å²) in [6, 6.07) is 27.0. The van der Waals surface area contributed by atoms with Crippen molar-refractivity contribution in [3.8, 4) is 23.0 Å². The number of benzene rings is 6. The van der Waals surface area contributed by atoms with E-state index in [1.165, 1.54) is 12.1 Å². The van der Waals surface area contributed by atoms with Gasteiger partial charge < -0.3 is 20.1 Å². The van der Waals surface area contributed by atoms with Gasteiger partial charge in [-0.2, -0.15) is 25.3 Å². The zero-order valence-electron chi connectivity index (χ0n) is 43.2. The van der Waals surface area contributed by atoms with E-state index in [0.29, 0.717) is 47.8 Å². The Labute approximate surface area is 426 Å². The zero-order valence-corrected chi connectivity index (χ0v) is 45.6. The fourth-order valence-electron chi connectivity index (χ4n) is 8.64. The first-order valence-electron chi connectivity index (χ1n) is 23.5. The van der Waals surface area contributed by atoms with Crippen LogP contribution in [0, 0.1) is 41.5 Å². The Morgan fingerprint density at radius 1 is 0.417 bits per heavy atom. The molecule has 0 radical (unpaired) electrons. The van der Waals surface area contributed by atoms with Crippen LogP contribution in [0.15, 0.2) is 95.9 Å². The molecule has 390 valence electrons. The molecular formula is C56H70O13S3. The minimum absolute atomic E-state index is 0.0789. The van der Waals surface area contributed by atoms with Gasteiger partial charge in [-0.25, -0.2) is 0 Å². The molecule has 0 amide bonds. The third-order valence-corrected chi connectivity index (χ3v) is 14.3. The second kappa shape index (κ2) is 24.3. The Morgan fingerprint density at radius 3 is 1.00 bits per heavy atom. The highest BCUT2D eigenvalue weighted by Gasteiger charge is 2.17. The van der Waals surface area contributed by atoms with Crippen molar-refractivity contribution in [1.29, 1.82) is 0 Å². The summed E-state index contributed by atoms with van der Waals surface area (Å²) >= 11 is 0. The summed E-state index contributed by atoms with van der Waals surface area (Å²) in [5.41, 5.74) is 15.4. The zero-order chi connectivity index (χ0) is 54.2. The van der Waals surface area contributed by atoms with Gasteiger partial charge in [0.05, 0.1) is 4.90 Å². The number of hydrogen-bond donors (Lipinski definition) is 6. The Hall–Kier alpha value is -5.75. The molecule has 0 aliphatic rings. The second-order valence-corrected chi connectivity index (χ2v) is 23.8. The van der Waals surface area contributed by atoms with Gasteiger partial charge in [-0.15, -0.1) is 0 Å². The van der Waals surface area contributed by atoms with Crippen molar-refractivity contribution in [2.45, 2.75) is 131 Å². The van der Waals surface area contributed by atoms with Gasteiger partial charge in [0.1, 0.15) is 28.8 Å². The second-order valence-electron chi connectivity index (χ2n) is 19.5. The maximum Gasteiger partial charge on any atom is 0.300 e. The van der Waals surface area contributed by atoms with Crippen molar-refractivity contribution >= 4 is 30.4 Å². The molecule has 0 unspecified atom stereocenters. The van der Waals surface area contributed by atoms with E-state index >= 15 is 0 Å². The summed E-state index contributed by atoms with van der Waals surface area (Å²) in [4.78, 5) is -0.0789. The smallest absolute Gasteiger partial charge is 0.300 e. The van der Waals surface area contributed by atoms with Gasteiger partial charge in [0.15, 0.2) is 0 Å². The monoisotopic (exact) mass is 1050 g/mol. The van der Waals surface area contributed by atoms with Gasteiger partial charge in [0.25, 0.3) is 20.2 Å². The summed E-state index contributed by atoms with van der Waals surface area (Å²) in [6.07, 6.45) is 2.06. The number of rotatable bonds is 15. The van der Waals surface area contributed by atoms with Gasteiger partial charge in [-0.3, -0.25) is 13.7 Å². The SMILES string of the molecule is Cc1cc(CS(=O)(=O)O)cc(C)c1Cc1ccc(O)c(C(C)C)c1.Cc1cc(OCS(=O)(=O)O)cc(C)c1Cc1ccc(O)c(C(C)C)c1.Cc1cc(S(=O)(=O)O)cc(C)c1Cc1ccc(O)c(C(C)C)c1. The van der Waals surface area contributed by atoms with Crippen molar-refractivity contribution in [2.24, 2.45) is 0 Å². The van der Waals surface area contributed by atoms with Crippen LogP contribution in [0.5, 0.6) is 23.0 Å². The largest absolute Gasteiger partial charge is 0.508 e. The molecule has 0 aromatic heterocycles. The van der Waals surface area contributed by atoms with E-state index in [0.717, 1.165) is 83.5 Å². The highest BCUT2D eigenvalue weighted by Crippen LogP contribution is 2.32. The fourth-order valence-corrected chi connectivity index (χ4v) is 10.2. The summed E-state index contributed by atoms with van der Waals surface area (Å²) in [7, 11) is -12.4. The van der Waals surface area contributed by atoms with Crippen LogP contribution in [0.3, 0.4) is 0 Å². The Kier molecular flexibility index (Phi) is 19.9. The van der Waals surface area contributed by atoms with Gasteiger partial charge in [0.2, 0.25) is 5.94 Å². The minimum Gasteiger partial charge on any atom is -0.508 e. The summed E-state index contributed by atoms with van der Waals surface area (Å²) in [5, 5.41) is 29.8. The highest BCUT2D eigenvalue weighted by molar-refractivity contribution is 7.86. The number of aromatic hydroxyl groups is 3. The molecule has 6 N–H and O–H groups in total. The maximum absolute atomic E-state index is 11.3. The molecule has 0 spiro atoms. The van der Waals surface area contributed by atoms with Crippen LogP contribution in [0.4, 0.5) is 0 Å². The average Bonchev–Trinajstić information content (AvgIpc) is 3.24. The lowest BCUT2D eigenvalue weighted by Crippen LogP contribution is -2.10. The summed E-state index contributed by atoms with van der Waals surface area (Å²) in [5.74, 6) is 0.879. The average molecular weight is 1050 g/mol. The van der Waals surface area contributed by atoms with E-state index in [4.69, 9.17) is 13.8 Å². The van der Waals surface area contributed by atoms with Crippen molar-refractivity contribution in [3.63, 3.8) is 0 Å². The molecule has 0 saturated carbocycles. The predicted octanol–water partition coefficient (Wildman–Crippen LogP) is 12.0. The van der Waals surface area contributed by atoms with Crippen LogP contribution >= 0.6 is 0 Å². The Balaban J connectivity index is 0.000000235. The van der Waals surface area contributed by atoms with E-state index < -0.39 is 36.3 Å². The fraction of sp³-hybridized carbons (Fsp3) is 0.357. The van der Waals surface area contributed by atoms with Gasteiger partial charge >= 0.3 is 10.1 Å². The molecular weight excluding hydrogens is 977 g/mol. The van der Waals surface area contributed by atoms with Crippen molar-refractivity contribution in [1.82, 2.24) is 0 Å². The van der Waals surface area contributed by atoms with Crippen LogP contribution in [0.25, 0.3) is 0 Å². The molecule has 0 aliphatic heterocycles. The lowest BCUT2D eigenvalue weighted by Gasteiger charge is -2.15. The third kappa shape index (κ3) is 17.2. The Bertz CT molecular complexity index is 3180. The molecule has 72 heavy (non-hydrogen) atoms. The van der Waals surface area contributed by atoms with E-state index in [1.54, 1.807) is 42.5 Å². The number of phenols is 3. The van der Waals surface area contributed by atoms with Crippen molar-refractivity contribution < 1.29 is 59.0 Å². The van der Waals surface area contributed by atoms with Crippen LogP contribution in [0.2, 0.25) is 0 Å². The molecule has 6 aromatic carbocycles. The van der Waals surface area contributed by atoms with Gasteiger partial charge in [-0.05, 0) is 210 Å². The quantitative estimate of drug-likeness (QED) is 0.0526. The lowest BCUT2D eigenvalue weighted by molar-refractivity contribution is 0.352. The molecule has 0 fully saturated rings. The summed E-state index contributed by atoms with van der Waals surface area (Å²) in [6.45, 7) is 23.6. The first kappa shape index (κ1) is 58.8. The molecule has 0 bridgehead atoms. The van der Waals surface area contributed by atoms with Gasteiger partial charge in [0, 0.05) is 0 Å². The molecule has 0 heterocycles. The van der Waals surface area contributed by atoms with Crippen LogP contribution < -0.4 is 4.74 Å². The van der Waals surface area contributed by atoms with Crippen LogP contribution in [-0.4, -0.2) is 60.2 Å². The van der Waals surface area contributed by atoms with E-state index in [-0.39, 0.29) is 28.4 Å². The number of aryl methyl sites for hydroxylation is 6. The first-order valence-corrected chi connectivity index (χ1v) is 28.1. The van der Waals surface area contributed by atoms with E-state index in [2.05, 4.69) is 0 Å². The highest BCUT2D eigenvalue weighted by atomic mass is 32.2. The van der Waals surface area contributed by atoms with Crippen molar-refractivity contribution in [2.75, 3.05) is 5.94 Å². The number of hydrogen-bond acceptors (Lipinski definition) is 10. The molecule has 6 rings (SSSR count). The maximum atomic E-state index is 11.3. The molecule has 13 nitrogen and oxygen atoms in total. The number of ether oxygens (including phenoxy) is 1. The summed E-state index contributed by atoms with van der Waals surface area (Å²) < 4.78 is 98.5. The van der Waals surface area contributed by atoms with Crippen molar-refractivity contribution in [3.05, 3.63) is 180 Å². The van der Waals surface area contributed by atoms with E-state index in [9.17, 15) is 45.1 Å². The topological polar surface area (TPSA) is 233 Å². The first-order chi connectivity index (χ1) is 33.2. The minimum atomic E-state index is -4.19. The van der Waals surface area contributed by atoms with Gasteiger partial charge in [-0.1, -0.05) is 90.1 Å². The molecule has 16 heteroatoms. The standard InChI is InChI=1S/C19H24O5S.C19H24O4S.C18H22O4S/c1-12(2)17-9-15(5-6-19(17)20)10-18-13(3)7-16(8-14(18)4)24-11-25(21,22)23;1-12(2)17-9-15(5-6-19(17)20)10-18-13(3)7-16(8-14(18)4)11-24(21,22)23;1-11(2)16-9-14(5-6-18(16)19)10-17-12(3)7-15(8-13(17)4)23(20,21)22/h5-9,12,20H,10-11H2,1-4H3,(H,21,22,23);5-9,12,20H,10-11H2,1-4H3,(H,21,22,23);5-9,11,19H,10H2,1-4H3,(H,20,21,22). The van der Waals surface area contributed by atoms with E-state index in [1.807, 2.05) is 119 Å². The Morgan fingerprint density at radius 2 is 0.722 bits per heavy atom. The molecule has 0 aliphatic carbocycles. The lowest BCUT2D eigenvalue weighted by atomic mass is 9.92. The normalized spacial score (nSPS) is 11.9. The molecule has 6 aromatic rings. The predicted molar refractivity (Wildman–Crippen MR) is 285 cm³/mol. The van der Waals surface area contributed by atoms with Crippen LogP contribution in [0.1, 0.15) is 148 Å². The number of phenolic OH excluding ortho intramolecular Hbond substituents is 3. The van der Waals surface area contributed by atoms with Crippen LogP contribution in [-0.2, 0) is 55.4 Å². The molecule has 0 saturated heterocycles. The third-order valence-electron chi connectivity index (χ3n) is 12.4. The molecule has 0 atom stereocenters.